The predicted octanol–water partition coefficient (Wildman–Crippen LogP) is 3.72. The maximum Gasteiger partial charge on any atom is 0.0756 e. The lowest BCUT2D eigenvalue weighted by molar-refractivity contribution is 0.0648. The Morgan fingerprint density at radius 1 is 1.22 bits per heavy atom. The van der Waals surface area contributed by atoms with Crippen molar-refractivity contribution in [1.29, 1.82) is 0 Å². The molecule has 2 nitrogen and oxygen atoms in total. The molecule has 1 aromatic carbocycles. The summed E-state index contributed by atoms with van der Waals surface area (Å²) in [7, 11) is 0. The summed E-state index contributed by atoms with van der Waals surface area (Å²) in [5.74, 6) is 0. The summed E-state index contributed by atoms with van der Waals surface area (Å²) >= 11 is 0. The second kappa shape index (κ2) is 8.06. The van der Waals surface area contributed by atoms with Crippen LogP contribution in [0.3, 0.4) is 0 Å². The first-order valence-corrected chi connectivity index (χ1v) is 6.85. The van der Waals surface area contributed by atoms with E-state index in [0.29, 0.717) is 12.7 Å². The van der Waals surface area contributed by atoms with Crippen LogP contribution >= 0.6 is 0 Å². The van der Waals surface area contributed by atoms with Crippen LogP contribution in [0.4, 0.5) is 0 Å². The van der Waals surface area contributed by atoms with Gasteiger partial charge in [-0.15, -0.1) is 0 Å². The highest BCUT2D eigenvalue weighted by atomic mass is 16.5. The van der Waals surface area contributed by atoms with Gasteiger partial charge in [-0.1, -0.05) is 42.5 Å². The van der Waals surface area contributed by atoms with Crippen LogP contribution in [-0.4, -0.2) is 19.3 Å². The Labute approximate surface area is 110 Å². The zero-order valence-corrected chi connectivity index (χ0v) is 10.9. The van der Waals surface area contributed by atoms with Gasteiger partial charge in [0.1, 0.15) is 0 Å². The van der Waals surface area contributed by atoms with E-state index in [1.54, 1.807) is 0 Å². The average Bonchev–Trinajstić information content (AvgIpc) is 2.68. The zero-order chi connectivity index (χ0) is 12.5. The van der Waals surface area contributed by atoms with Crippen LogP contribution in [0.5, 0.6) is 0 Å². The molecule has 0 fully saturated rings. The van der Waals surface area contributed by atoms with Crippen LogP contribution < -0.4 is 0 Å². The van der Waals surface area contributed by atoms with Crippen LogP contribution in [0.15, 0.2) is 42.5 Å². The maximum absolute atomic E-state index is 5.73. The van der Waals surface area contributed by atoms with Gasteiger partial charge in [0, 0.05) is 13.2 Å². The molecule has 2 rings (SSSR count). The SMILES string of the molecule is C1=CC(CCCOCc2ccccc2)OCCC1. The highest BCUT2D eigenvalue weighted by Gasteiger charge is 2.07. The molecule has 1 heterocycles. The number of ether oxygens (including phenoxy) is 2. The molecule has 1 aliphatic rings. The minimum Gasteiger partial charge on any atom is -0.377 e. The van der Waals surface area contributed by atoms with Crippen LogP contribution in [0, 0.1) is 0 Å². The van der Waals surface area contributed by atoms with Gasteiger partial charge in [-0.2, -0.15) is 0 Å². The highest BCUT2D eigenvalue weighted by molar-refractivity contribution is 5.13. The van der Waals surface area contributed by atoms with E-state index in [9.17, 15) is 0 Å². The Morgan fingerprint density at radius 3 is 3.00 bits per heavy atom. The summed E-state index contributed by atoms with van der Waals surface area (Å²) in [5.41, 5.74) is 1.24. The molecule has 1 aliphatic heterocycles. The van der Waals surface area contributed by atoms with Crippen molar-refractivity contribution in [3.05, 3.63) is 48.0 Å². The molecular weight excluding hydrogens is 224 g/mol. The predicted molar refractivity (Wildman–Crippen MR) is 73.4 cm³/mol. The monoisotopic (exact) mass is 246 g/mol. The molecule has 98 valence electrons. The van der Waals surface area contributed by atoms with Crippen molar-refractivity contribution in [2.75, 3.05) is 13.2 Å². The molecular formula is C16H22O2. The molecule has 1 unspecified atom stereocenters. The van der Waals surface area contributed by atoms with Gasteiger partial charge in [-0.3, -0.25) is 0 Å². The topological polar surface area (TPSA) is 18.5 Å². The summed E-state index contributed by atoms with van der Waals surface area (Å²) in [6.45, 7) is 2.41. The standard InChI is InChI=1S/C16H22O2/c1-3-8-15(9-4-1)14-17-12-7-11-16-10-5-2-6-13-18-16/h1,3-5,8-10,16H,2,6-7,11-14H2. The number of hydrogen-bond donors (Lipinski definition) is 0. The summed E-state index contributed by atoms with van der Waals surface area (Å²) < 4.78 is 11.4. The number of rotatable bonds is 6. The van der Waals surface area contributed by atoms with Gasteiger partial charge in [0.2, 0.25) is 0 Å². The fourth-order valence-electron chi connectivity index (χ4n) is 2.07. The Morgan fingerprint density at radius 2 is 2.11 bits per heavy atom. The van der Waals surface area contributed by atoms with Crippen molar-refractivity contribution in [3.63, 3.8) is 0 Å². The first-order valence-electron chi connectivity index (χ1n) is 6.85. The maximum atomic E-state index is 5.73. The van der Waals surface area contributed by atoms with E-state index in [1.807, 2.05) is 18.2 Å². The van der Waals surface area contributed by atoms with Gasteiger partial charge in [0.25, 0.3) is 0 Å². The van der Waals surface area contributed by atoms with Gasteiger partial charge < -0.3 is 9.47 Å². The Hall–Kier alpha value is -1.12. The van der Waals surface area contributed by atoms with Crippen LogP contribution in [-0.2, 0) is 16.1 Å². The summed E-state index contributed by atoms with van der Waals surface area (Å²) in [6, 6.07) is 10.3. The molecule has 0 radical (unpaired) electrons. The highest BCUT2D eigenvalue weighted by Crippen LogP contribution is 2.11. The average molecular weight is 246 g/mol. The third-order valence-corrected chi connectivity index (χ3v) is 3.09. The minimum absolute atomic E-state index is 0.299. The molecule has 0 bridgehead atoms. The second-order valence-electron chi connectivity index (χ2n) is 4.66. The molecule has 1 aromatic rings. The van der Waals surface area contributed by atoms with E-state index in [0.717, 1.165) is 38.9 Å². The van der Waals surface area contributed by atoms with Crippen LogP contribution in [0.2, 0.25) is 0 Å². The fourth-order valence-corrected chi connectivity index (χ4v) is 2.07. The molecule has 0 amide bonds. The quantitative estimate of drug-likeness (QED) is 0.562. The van der Waals surface area contributed by atoms with Crippen molar-refractivity contribution in [1.82, 2.24) is 0 Å². The third kappa shape index (κ3) is 5.03. The van der Waals surface area contributed by atoms with Gasteiger partial charge >= 0.3 is 0 Å². The summed E-state index contributed by atoms with van der Waals surface area (Å²) in [5, 5.41) is 0. The van der Waals surface area contributed by atoms with E-state index in [2.05, 4.69) is 24.3 Å². The van der Waals surface area contributed by atoms with Crippen molar-refractivity contribution < 1.29 is 9.47 Å². The molecule has 0 saturated carbocycles. The third-order valence-electron chi connectivity index (χ3n) is 3.09. The largest absolute Gasteiger partial charge is 0.377 e. The zero-order valence-electron chi connectivity index (χ0n) is 10.9. The Bertz CT molecular complexity index is 345. The van der Waals surface area contributed by atoms with E-state index in [-0.39, 0.29) is 0 Å². The van der Waals surface area contributed by atoms with Crippen LogP contribution in [0.1, 0.15) is 31.2 Å². The second-order valence-corrected chi connectivity index (χ2v) is 4.66. The Balaban J connectivity index is 1.56. The van der Waals surface area contributed by atoms with Gasteiger partial charge in [-0.25, -0.2) is 0 Å². The molecule has 2 heteroatoms. The van der Waals surface area contributed by atoms with E-state index in [1.165, 1.54) is 5.56 Å². The van der Waals surface area contributed by atoms with E-state index in [4.69, 9.17) is 9.47 Å². The smallest absolute Gasteiger partial charge is 0.0756 e. The lowest BCUT2D eigenvalue weighted by Gasteiger charge is -2.12. The Kier molecular flexibility index (Phi) is 5.97. The van der Waals surface area contributed by atoms with Crippen molar-refractivity contribution in [3.8, 4) is 0 Å². The van der Waals surface area contributed by atoms with Gasteiger partial charge in [-0.05, 0) is 31.2 Å². The number of benzene rings is 1. The molecule has 0 saturated heterocycles. The molecule has 0 spiro atoms. The molecule has 18 heavy (non-hydrogen) atoms. The van der Waals surface area contributed by atoms with Crippen molar-refractivity contribution in [2.45, 2.75) is 38.4 Å². The molecule has 0 aliphatic carbocycles. The summed E-state index contributed by atoms with van der Waals surface area (Å²) in [6.07, 6.45) is 9.16. The van der Waals surface area contributed by atoms with Crippen molar-refractivity contribution >= 4 is 0 Å². The van der Waals surface area contributed by atoms with Crippen molar-refractivity contribution in [2.24, 2.45) is 0 Å². The molecule has 1 atom stereocenters. The van der Waals surface area contributed by atoms with Gasteiger partial charge in [0.15, 0.2) is 0 Å². The number of hydrogen-bond acceptors (Lipinski definition) is 2. The normalized spacial score (nSPS) is 19.7. The molecule has 0 aromatic heterocycles. The lowest BCUT2D eigenvalue weighted by Crippen LogP contribution is -2.10. The van der Waals surface area contributed by atoms with Gasteiger partial charge in [0.05, 0.1) is 12.7 Å². The summed E-state index contributed by atoms with van der Waals surface area (Å²) in [4.78, 5) is 0. The fraction of sp³-hybridized carbons (Fsp3) is 0.500. The first-order chi connectivity index (χ1) is 8.95. The lowest BCUT2D eigenvalue weighted by atomic mass is 10.2. The van der Waals surface area contributed by atoms with E-state index < -0.39 is 0 Å². The van der Waals surface area contributed by atoms with E-state index >= 15 is 0 Å². The molecule has 0 N–H and O–H groups in total. The first kappa shape index (κ1) is 13.3. The minimum atomic E-state index is 0.299. The van der Waals surface area contributed by atoms with Crippen LogP contribution in [0.25, 0.3) is 0 Å². The number of allylic oxidation sites excluding steroid dienone is 1.